The molecule has 1 N–H and O–H groups in total. The Labute approximate surface area is 133 Å². The van der Waals surface area contributed by atoms with Crippen molar-refractivity contribution in [3.63, 3.8) is 0 Å². The first-order valence-electron chi connectivity index (χ1n) is 6.61. The maximum Gasteiger partial charge on any atom is 0.251 e. The molecule has 0 aliphatic carbocycles. The van der Waals surface area contributed by atoms with Gasteiger partial charge in [-0.1, -0.05) is 36.4 Å². The van der Waals surface area contributed by atoms with Crippen LogP contribution in [0, 0.1) is 0 Å². The van der Waals surface area contributed by atoms with Crippen LogP contribution in [0.1, 0.15) is 36.1 Å². The number of nitrogens with zero attached hydrogens (tertiary/aromatic N) is 3. The van der Waals surface area contributed by atoms with Crippen molar-refractivity contribution >= 4 is 29.3 Å². The molecule has 0 fully saturated rings. The summed E-state index contributed by atoms with van der Waals surface area (Å²) in [5.74, 6) is 1.47. The van der Waals surface area contributed by atoms with Crippen LogP contribution in [0.15, 0.2) is 29.4 Å². The summed E-state index contributed by atoms with van der Waals surface area (Å²) in [6.07, 6.45) is 0. The van der Waals surface area contributed by atoms with Gasteiger partial charge in [0.1, 0.15) is 0 Å². The minimum absolute atomic E-state index is 0.183. The number of hydrogen-bond acceptors (Lipinski definition) is 4. The number of hydrogen-bond donors (Lipinski definition) is 1. The third-order valence-corrected chi connectivity index (χ3v) is 4.10. The number of rotatable bonds is 5. The fraction of sp³-hybridized carbons (Fsp3) is 0.357. The van der Waals surface area contributed by atoms with Crippen molar-refractivity contribution in [2.75, 3.05) is 5.75 Å². The van der Waals surface area contributed by atoms with Crippen molar-refractivity contribution < 1.29 is 4.79 Å². The lowest BCUT2D eigenvalue weighted by molar-refractivity contribution is 0.0937. The zero-order valence-electron chi connectivity index (χ0n) is 12.1. The highest BCUT2D eigenvalue weighted by atomic mass is 35.5. The number of benzene rings is 1. The number of thioether (sulfide) groups is 1. The van der Waals surface area contributed by atoms with Gasteiger partial charge in [0.15, 0.2) is 11.0 Å². The van der Waals surface area contributed by atoms with Crippen molar-refractivity contribution in [3.05, 3.63) is 40.7 Å². The molecule has 112 valence electrons. The van der Waals surface area contributed by atoms with Crippen LogP contribution in [0.2, 0.25) is 5.02 Å². The molecular weight excluding hydrogens is 308 g/mol. The van der Waals surface area contributed by atoms with E-state index in [4.69, 9.17) is 11.6 Å². The maximum atomic E-state index is 12.2. The molecule has 2 aromatic rings. The minimum Gasteiger partial charge on any atom is -0.342 e. The number of carbonyl (C=O) groups is 1. The van der Waals surface area contributed by atoms with Crippen molar-refractivity contribution in [2.45, 2.75) is 25.0 Å². The number of halogens is 1. The second-order valence-corrected chi connectivity index (χ2v) is 6.21. The summed E-state index contributed by atoms with van der Waals surface area (Å²) in [6, 6.07) is 6.61. The van der Waals surface area contributed by atoms with E-state index < -0.39 is 0 Å². The Morgan fingerprint density at radius 3 is 2.90 bits per heavy atom. The molecule has 0 saturated heterocycles. The molecule has 21 heavy (non-hydrogen) atoms. The Balaban J connectivity index is 2.11. The van der Waals surface area contributed by atoms with Gasteiger partial charge in [0.25, 0.3) is 5.91 Å². The average molecular weight is 325 g/mol. The van der Waals surface area contributed by atoms with Gasteiger partial charge in [0.2, 0.25) is 0 Å². The van der Waals surface area contributed by atoms with E-state index in [2.05, 4.69) is 22.4 Å². The highest BCUT2D eigenvalue weighted by Gasteiger charge is 2.18. The van der Waals surface area contributed by atoms with Gasteiger partial charge < -0.3 is 9.88 Å². The van der Waals surface area contributed by atoms with E-state index in [1.54, 1.807) is 36.0 Å². The third-order valence-electron chi connectivity index (χ3n) is 2.96. The molecule has 0 radical (unpaired) electrons. The number of nitrogens with one attached hydrogen (secondary N) is 1. The van der Waals surface area contributed by atoms with Crippen molar-refractivity contribution in [1.82, 2.24) is 20.1 Å². The Kier molecular flexibility index (Phi) is 5.25. The number of aromatic nitrogens is 3. The molecule has 2 rings (SSSR count). The monoisotopic (exact) mass is 324 g/mol. The van der Waals surface area contributed by atoms with Gasteiger partial charge in [-0.25, -0.2) is 0 Å². The van der Waals surface area contributed by atoms with Crippen LogP contribution < -0.4 is 5.32 Å². The van der Waals surface area contributed by atoms with E-state index >= 15 is 0 Å². The summed E-state index contributed by atoms with van der Waals surface area (Å²) in [7, 11) is 1.90. The molecular formula is C14H17ClN4OS. The molecule has 0 aliphatic rings. The van der Waals surface area contributed by atoms with E-state index in [1.807, 2.05) is 18.5 Å². The second kappa shape index (κ2) is 6.95. The zero-order valence-corrected chi connectivity index (χ0v) is 13.7. The van der Waals surface area contributed by atoms with Crippen molar-refractivity contribution in [3.8, 4) is 0 Å². The summed E-state index contributed by atoms with van der Waals surface area (Å²) in [5.41, 5.74) is 0.527. The Hall–Kier alpha value is -1.53. The van der Waals surface area contributed by atoms with E-state index in [1.165, 1.54) is 0 Å². The predicted molar refractivity (Wildman–Crippen MR) is 84.7 cm³/mol. The first kappa shape index (κ1) is 15.9. The fourth-order valence-electron chi connectivity index (χ4n) is 1.93. The molecule has 5 nitrogen and oxygen atoms in total. The Morgan fingerprint density at radius 1 is 1.48 bits per heavy atom. The Bertz CT molecular complexity index is 644. The fourth-order valence-corrected chi connectivity index (χ4v) is 2.77. The van der Waals surface area contributed by atoms with Gasteiger partial charge in [-0.3, -0.25) is 4.79 Å². The summed E-state index contributed by atoms with van der Waals surface area (Å²) >= 11 is 7.51. The summed E-state index contributed by atoms with van der Waals surface area (Å²) in [5, 5.41) is 12.6. The SMILES string of the molecule is CCSc1nnc([C@@H](C)NC(=O)c2cccc(Cl)c2)n1C. The molecule has 1 aromatic heterocycles. The summed E-state index contributed by atoms with van der Waals surface area (Å²) in [6.45, 7) is 3.94. The highest BCUT2D eigenvalue weighted by Crippen LogP contribution is 2.19. The largest absolute Gasteiger partial charge is 0.342 e. The van der Waals surface area contributed by atoms with Crippen LogP contribution in [0.25, 0.3) is 0 Å². The van der Waals surface area contributed by atoms with Crippen molar-refractivity contribution in [1.29, 1.82) is 0 Å². The van der Waals surface area contributed by atoms with Gasteiger partial charge in [-0.05, 0) is 30.9 Å². The molecule has 0 saturated carbocycles. The normalized spacial score (nSPS) is 12.2. The van der Waals surface area contributed by atoms with Crippen LogP contribution in [0.4, 0.5) is 0 Å². The highest BCUT2D eigenvalue weighted by molar-refractivity contribution is 7.99. The summed E-state index contributed by atoms with van der Waals surface area (Å²) < 4.78 is 1.90. The van der Waals surface area contributed by atoms with Gasteiger partial charge in [0, 0.05) is 17.6 Å². The van der Waals surface area contributed by atoms with E-state index in [9.17, 15) is 4.79 Å². The molecule has 1 heterocycles. The standard InChI is InChI=1S/C14H17ClN4OS/c1-4-21-14-18-17-12(19(14)3)9(2)16-13(20)10-6-5-7-11(15)8-10/h5-9H,4H2,1-3H3,(H,16,20)/t9-/m1/s1. The van der Waals surface area contributed by atoms with E-state index in [0.717, 1.165) is 16.7 Å². The average Bonchev–Trinajstić information content (AvgIpc) is 2.81. The van der Waals surface area contributed by atoms with E-state index in [0.29, 0.717) is 10.6 Å². The number of amides is 1. The first-order valence-corrected chi connectivity index (χ1v) is 7.97. The van der Waals surface area contributed by atoms with Gasteiger partial charge in [-0.15, -0.1) is 10.2 Å². The molecule has 0 spiro atoms. The lowest BCUT2D eigenvalue weighted by Gasteiger charge is -2.13. The van der Waals surface area contributed by atoms with Gasteiger partial charge in [-0.2, -0.15) is 0 Å². The smallest absolute Gasteiger partial charge is 0.251 e. The second-order valence-electron chi connectivity index (χ2n) is 4.54. The Morgan fingerprint density at radius 2 is 2.24 bits per heavy atom. The van der Waals surface area contributed by atoms with Gasteiger partial charge >= 0.3 is 0 Å². The predicted octanol–water partition coefficient (Wildman–Crippen LogP) is 3.07. The van der Waals surface area contributed by atoms with Crippen LogP contribution in [0.5, 0.6) is 0 Å². The molecule has 0 bridgehead atoms. The lowest BCUT2D eigenvalue weighted by Crippen LogP contribution is -2.28. The topological polar surface area (TPSA) is 59.8 Å². The first-order chi connectivity index (χ1) is 10.0. The van der Waals surface area contributed by atoms with Crippen LogP contribution in [-0.4, -0.2) is 26.4 Å². The molecule has 1 aromatic carbocycles. The van der Waals surface area contributed by atoms with Crippen LogP contribution in [-0.2, 0) is 7.05 Å². The minimum atomic E-state index is -0.236. The number of carbonyl (C=O) groups excluding carboxylic acids is 1. The molecule has 1 atom stereocenters. The van der Waals surface area contributed by atoms with E-state index in [-0.39, 0.29) is 11.9 Å². The van der Waals surface area contributed by atoms with Crippen molar-refractivity contribution in [2.24, 2.45) is 7.05 Å². The summed E-state index contributed by atoms with van der Waals surface area (Å²) in [4.78, 5) is 12.2. The molecule has 7 heteroatoms. The zero-order chi connectivity index (χ0) is 15.4. The lowest BCUT2D eigenvalue weighted by atomic mass is 10.2. The van der Waals surface area contributed by atoms with Gasteiger partial charge in [0.05, 0.1) is 6.04 Å². The van der Waals surface area contributed by atoms with Crippen LogP contribution >= 0.6 is 23.4 Å². The third kappa shape index (κ3) is 3.77. The quantitative estimate of drug-likeness (QED) is 0.859. The van der Waals surface area contributed by atoms with Crippen LogP contribution in [0.3, 0.4) is 0 Å². The molecule has 0 unspecified atom stereocenters. The molecule has 1 amide bonds. The maximum absolute atomic E-state index is 12.2. The molecule has 0 aliphatic heterocycles.